The highest BCUT2D eigenvalue weighted by molar-refractivity contribution is 6.17. The van der Waals surface area contributed by atoms with Crippen LogP contribution in [0.1, 0.15) is 38.4 Å². The second kappa shape index (κ2) is 6.10. The van der Waals surface area contributed by atoms with E-state index in [1.807, 2.05) is 0 Å². The lowest BCUT2D eigenvalue weighted by Crippen LogP contribution is -2.28. The molecule has 0 atom stereocenters. The van der Waals surface area contributed by atoms with Crippen molar-refractivity contribution in [2.24, 2.45) is 0 Å². The molecule has 0 bridgehead atoms. The number of ether oxygens (including phenoxy) is 1. The Labute approximate surface area is 120 Å². The van der Waals surface area contributed by atoms with Gasteiger partial charge in [0.25, 0.3) is 0 Å². The maximum atomic E-state index is 6.02. The Hall–Kier alpha value is -0.800. The van der Waals surface area contributed by atoms with E-state index in [2.05, 4.69) is 37.8 Å². The minimum absolute atomic E-state index is 0.0408. The van der Waals surface area contributed by atoms with Gasteiger partial charge in [0.05, 0.1) is 6.61 Å². The molecule has 106 valence electrons. The van der Waals surface area contributed by atoms with Gasteiger partial charge in [-0.05, 0) is 24.1 Å². The molecule has 0 saturated carbocycles. The molecule has 3 nitrogen and oxygen atoms in total. The van der Waals surface area contributed by atoms with E-state index in [-0.39, 0.29) is 5.41 Å². The lowest BCUT2D eigenvalue weighted by molar-refractivity contribution is 0.152. The molecule has 0 unspecified atom stereocenters. The molecule has 0 N–H and O–H groups in total. The maximum absolute atomic E-state index is 6.02. The third-order valence-corrected chi connectivity index (χ3v) is 3.65. The van der Waals surface area contributed by atoms with Gasteiger partial charge in [0.2, 0.25) is 0 Å². The molecule has 1 aromatic heterocycles. The van der Waals surface area contributed by atoms with Gasteiger partial charge in [-0.2, -0.15) is 0 Å². The van der Waals surface area contributed by atoms with Crippen LogP contribution in [-0.2, 0) is 16.0 Å². The van der Waals surface area contributed by atoms with E-state index in [0.29, 0.717) is 5.88 Å². The van der Waals surface area contributed by atoms with Crippen LogP contribution in [0.15, 0.2) is 12.1 Å². The fourth-order valence-electron chi connectivity index (χ4n) is 2.17. The monoisotopic (exact) mass is 282 g/mol. The van der Waals surface area contributed by atoms with Crippen molar-refractivity contribution in [2.45, 2.75) is 38.5 Å². The van der Waals surface area contributed by atoms with Gasteiger partial charge >= 0.3 is 0 Å². The van der Waals surface area contributed by atoms with Crippen LogP contribution < -0.4 is 4.90 Å². The first-order chi connectivity index (χ1) is 9.00. The molecule has 0 spiro atoms. The predicted molar refractivity (Wildman–Crippen MR) is 80.1 cm³/mol. The van der Waals surface area contributed by atoms with Crippen molar-refractivity contribution in [3.63, 3.8) is 0 Å². The zero-order valence-electron chi connectivity index (χ0n) is 12.1. The zero-order valence-corrected chi connectivity index (χ0v) is 12.8. The first-order valence-electron chi connectivity index (χ1n) is 6.91. The number of hydrogen-bond donors (Lipinski definition) is 0. The summed E-state index contributed by atoms with van der Waals surface area (Å²) in [5.41, 5.74) is 2.28. The number of aromatic nitrogens is 1. The summed E-state index contributed by atoms with van der Waals surface area (Å²) in [6.07, 6.45) is 1.05. The fraction of sp³-hybridized carbons (Fsp3) is 0.667. The summed E-state index contributed by atoms with van der Waals surface area (Å²) in [5, 5.41) is 0. The molecular formula is C15H23ClN2O. The smallest absolute Gasteiger partial charge is 0.129 e. The fourth-order valence-corrected chi connectivity index (χ4v) is 2.32. The van der Waals surface area contributed by atoms with Gasteiger partial charge in [0.15, 0.2) is 0 Å². The van der Waals surface area contributed by atoms with Gasteiger partial charge in [-0.1, -0.05) is 20.8 Å². The number of alkyl halides is 1. The number of pyridine rings is 1. The molecule has 0 amide bonds. The van der Waals surface area contributed by atoms with Crippen LogP contribution in [0.3, 0.4) is 0 Å². The van der Waals surface area contributed by atoms with Crippen molar-refractivity contribution < 1.29 is 4.74 Å². The predicted octanol–water partition coefficient (Wildman–Crippen LogP) is 3.34. The van der Waals surface area contributed by atoms with Gasteiger partial charge in [-0.15, -0.1) is 11.6 Å². The zero-order chi connectivity index (χ0) is 13.9. The Morgan fingerprint density at radius 3 is 2.74 bits per heavy atom. The Morgan fingerprint density at radius 1 is 1.26 bits per heavy atom. The third kappa shape index (κ3) is 3.83. The third-order valence-electron chi connectivity index (χ3n) is 3.34. The van der Waals surface area contributed by atoms with Crippen molar-refractivity contribution >= 4 is 17.4 Å². The quantitative estimate of drug-likeness (QED) is 0.778. The van der Waals surface area contributed by atoms with Gasteiger partial charge in [0.1, 0.15) is 5.82 Å². The molecule has 1 aliphatic heterocycles. The van der Waals surface area contributed by atoms with Crippen LogP contribution in [0, 0.1) is 0 Å². The molecule has 19 heavy (non-hydrogen) atoms. The van der Waals surface area contributed by atoms with Crippen LogP contribution in [0.2, 0.25) is 0 Å². The van der Waals surface area contributed by atoms with E-state index in [0.717, 1.165) is 49.8 Å². The number of halogens is 1. The van der Waals surface area contributed by atoms with E-state index in [1.165, 1.54) is 0 Å². The number of hydrogen-bond acceptors (Lipinski definition) is 3. The van der Waals surface area contributed by atoms with Gasteiger partial charge in [0, 0.05) is 36.7 Å². The minimum Gasteiger partial charge on any atom is -0.380 e. The van der Waals surface area contributed by atoms with Crippen LogP contribution in [0.4, 0.5) is 5.82 Å². The largest absolute Gasteiger partial charge is 0.380 e. The second-order valence-electron chi connectivity index (χ2n) is 6.06. The average Bonchev–Trinajstić information content (AvgIpc) is 2.66. The number of nitrogens with zero attached hydrogens (tertiary/aromatic N) is 2. The lowest BCUT2D eigenvalue weighted by Gasteiger charge is -2.25. The number of rotatable bonds is 2. The summed E-state index contributed by atoms with van der Waals surface area (Å²) in [7, 11) is 0. The Morgan fingerprint density at radius 2 is 2.05 bits per heavy atom. The summed E-state index contributed by atoms with van der Waals surface area (Å²) in [6.45, 7) is 10.1. The molecule has 2 rings (SSSR count). The normalized spacial score (nSPS) is 17.4. The van der Waals surface area contributed by atoms with Crippen molar-refractivity contribution in [3.8, 4) is 0 Å². The summed E-state index contributed by atoms with van der Waals surface area (Å²) in [6, 6.07) is 4.22. The molecule has 1 saturated heterocycles. The first kappa shape index (κ1) is 14.6. The Balaban J connectivity index is 2.33. The molecule has 0 radical (unpaired) electrons. The Kier molecular flexibility index (Phi) is 4.69. The van der Waals surface area contributed by atoms with Gasteiger partial charge < -0.3 is 9.64 Å². The summed E-state index contributed by atoms with van der Waals surface area (Å²) < 4.78 is 5.50. The van der Waals surface area contributed by atoms with Crippen LogP contribution in [-0.4, -0.2) is 31.3 Å². The summed E-state index contributed by atoms with van der Waals surface area (Å²) in [4.78, 5) is 7.13. The maximum Gasteiger partial charge on any atom is 0.129 e. The van der Waals surface area contributed by atoms with E-state index >= 15 is 0 Å². The molecular weight excluding hydrogens is 260 g/mol. The molecule has 0 aliphatic carbocycles. The minimum atomic E-state index is 0.0408. The standard InChI is InChI=1S/C15H23ClN2O/c1-15(2,3)13-9-12(11-16)10-14(17-13)18-5-4-7-19-8-6-18/h9-10H,4-8,11H2,1-3H3. The topological polar surface area (TPSA) is 25.4 Å². The highest BCUT2D eigenvalue weighted by Gasteiger charge is 2.19. The van der Waals surface area contributed by atoms with E-state index < -0.39 is 0 Å². The van der Waals surface area contributed by atoms with Crippen LogP contribution >= 0.6 is 11.6 Å². The van der Waals surface area contributed by atoms with Gasteiger partial charge in [-0.3, -0.25) is 0 Å². The van der Waals surface area contributed by atoms with Crippen molar-refractivity contribution in [2.75, 3.05) is 31.2 Å². The average molecular weight is 283 g/mol. The van der Waals surface area contributed by atoms with E-state index in [9.17, 15) is 0 Å². The molecule has 4 heteroatoms. The highest BCUT2D eigenvalue weighted by atomic mass is 35.5. The molecule has 2 heterocycles. The number of anilines is 1. The SMILES string of the molecule is CC(C)(C)c1cc(CCl)cc(N2CCCOCC2)n1. The highest BCUT2D eigenvalue weighted by Crippen LogP contribution is 2.26. The van der Waals surface area contributed by atoms with E-state index in [1.54, 1.807) is 0 Å². The molecule has 1 fully saturated rings. The van der Waals surface area contributed by atoms with Crippen LogP contribution in [0.5, 0.6) is 0 Å². The Bertz CT molecular complexity index is 421. The lowest BCUT2D eigenvalue weighted by atomic mass is 9.91. The van der Waals surface area contributed by atoms with Crippen LogP contribution in [0.25, 0.3) is 0 Å². The summed E-state index contributed by atoms with van der Waals surface area (Å²) in [5.74, 6) is 1.57. The molecule has 1 aliphatic rings. The van der Waals surface area contributed by atoms with Crippen molar-refractivity contribution in [3.05, 3.63) is 23.4 Å². The van der Waals surface area contributed by atoms with E-state index in [4.69, 9.17) is 21.3 Å². The van der Waals surface area contributed by atoms with Crippen molar-refractivity contribution in [1.82, 2.24) is 4.98 Å². The first-order valence-corrected chi connectivity index (χ1v) is 7.44. The second-order valence-corrected chi connectivity index (χ2v) is 6.32. The van der Waals surface area contributed by atoms with Gasteiger partial charge in [-0.25, -0.2) is 4.98 Å². The molecule has 1 aromatic rings. The summed E-state index contributed by atoms with van der Waals surface area (Å²) >= 11 is 6.02. The van der Waals surface area contributed by atoms with Crippen molar-refractivity contribution in [1.29, 1.82) is 0 Å². The molecule has 0 aromatic carbocycles.